The van der Waals surface area contributed by atoms with Gasteiger partial charge in [-0.1, -0.05) is 0 Å². The Balaban J connectivity index is 1.75. The molecule has 0 radical (unpaired) electrons. The SMILES string of the molecule is Nc1ncn(CC23CC(CO2)C3)n1. The number of anilines is 1. The Bertz CT molecular complexity index is 323. The third-order valence-electron chi connectivity index (χ3n) is 2.95. The molecule has 0 aromatic carbocycles. The van der Waals surface area contributed by atoms with Crippen LogP contribution in [0.15, 0.2) is 6.33 Å². The van der Waals surface area contributed by atoms with Crippen LogP contribution in [0.25, 0.3) is 0 Å². The van der Waals surface area contributed by atoms with Gasteiger partial charge in [0.05, 0.1) is 18.8 Å². The number of hydrogen-bond acceptors (Lipinski definition) is 4. The Morgan fingerprint density at radius 2 is 2.54 bits per heavy atom. The fourth-order valence-corrected chi connectivity index (χ4v) is 2.38. The van der Waals surface area contributed by atoms with Gasteiger partial charge in [0, 0.05) is 0 Å². The Morgan fingerprint density at radius 1 is 1.69 bits per heavy atom. The molecule has 0 atom stereocenters. The van der Waals surface area contributed by atoms with Gasteiger partial charge in [0.25, 0.3) is 0 Å². The minimum absolute atomic E-state index is 0.0603. The molecule has 3 heterocycles. The van der Waals surface area contributed by atoms with Crippen LogP contribution in [0.3, 0.4) is 0 Å². The van der Waals surface area contributed by atoms with E-state index in [-0.39, 0.29) is 5.60 Å². The van der Waals surface area contributed by atoms with Crippen LogP contribution in [0.5, 0.6) is 0 Å². The van der Waals surface area contributed by atoms with Crippen molar-refractivity contribution in [1.82, 2.24) is 14.8 Å². The van der Waals surface area contributed by atoms with Crippen molar-refractivity contribution in [1.29, 1.82) is 0 Å². The van der Waals surface area contributed by atoms with Gasteiger partial charge in [-0.15, -0.1) is 5.10 Å². The van der Waals surface area contributed by atoms with E-state index in [1.165, 1.54) is 12.8 Å². The quantitative estimate of drug-likeness (QED) is 0.697. The average Bonchev–Trinajstić information content (AvgIpc) is 2.65. The molecule has 3 fully saturated rings. The van der Waals surface area contributed by atoms with Gasteiger partial charge < -0.3 is 10.5 Å². The number of fused-ring (bicyclic) bond motifs is 1. The monoisotopic (exact) mass is 180 g/mol. The van der Waals surface area contributed by atoms with Crippen LogP contribution in [0.1, 0.15) is 12.8 Å². The summed E-state index contributed by atoms with van der Waals surface area (Å²) in [6.07, 6.45) is 4.01. The summed E-state index contributed by atoms with van der Waals surface area (Å²) in [5, 5.41) is 4.05. The number of nitrogens with zero attached hydrogens (tertiary/aromatic N) is 3. The molecule has 1 aromatic rings. The van der Waals surface area contributed by atoms with E-state index in [9.17, 15) is 0 Å². The van der Waals surface area contributed by atoms with Crippen LogP contribution < -0.4 is 5.73 Å². The van der Waals surface area contributed by atoms with E-state index in [1.807, 2.05) is 0 Å². The second-order valence-corrected chi connectivity index (χ2v) is 4.07. The van der Waals surface area contributed by atoms with Crippen LogP contribution >= 0.6 is 0 Å². The van der Waals surface area contributed by atoms with Crippen molar-refractivity contribution in [2.24, 2.45) is 5.92 Å². The minimum atomic E-state index is 0.0603. The van der Waals surface area contributed by atoms with E-state index in [4.69, 9.17) is 10.5 Å². The molecule has 70 valence electrons. The third kappa shape index (κ3) is 1.03. The molecular weight excluding hydrogens is 168 g/mol. The predicted octanol–water partition coefficient (Wildman–Crippen LogP) is 0.0393. The van der Waals surface area contributed by atoms with Gasteiger partial charge in [-0.3, -0.25) is 0 Å². The summed E-state index contributed by atoms with van der Waals surface area (Å²) < 4.78 is 7.47. The highest BCUT2D eigenvalue weighted by Crippen LogP contribution is 2.49. The maximum atomic E-state index is 5.70. The normalized spacial score (nSPS) is 36.2. The van der Waals surface area contributed by atoms with Gasteiger partial charge in [-0.05, 0) is 18.8 Å². The zero-order valence-electron chi connectivity index (χ0n) is 7.31. The van der Waals surface area contributed by atoms with Crippen molar-refractivity contribution < 1.29 is 4.74 Å². The van der Waals surface area contributed by atoms with E-state index >= 15 is 0 Å². The van der Waals surface area contributed by atoms with E-state index in [0.717, 1.165) is 19.1 Å². The van der Waals surface area contributed by atoms with Crippen molar-refractivity contribution in [3.05, 3.63) is 6.33 Å². The molecule has 1 aromatic heterocycles. The maximum Gasteiger partial charge on any atom is 0.239 e. The summed E-state index contributed by atoms with van der Waals surface area (Å²) in [6, 6.07) is 0. The van der Waals surface area contributed by atoms with Crippen LogP contribution in [-0.4, -0.2) is 27.0 Å². The summed E-state index contributed by atoms with van der Waals surface area (Å²) in [6.45, 7) is 1.72. The lowest BCUT2D eigenvalue weighted by atomic mass is 9.75. The van der Waals surface area contributed by atoms with Gasteiger partial charge in [0.1, 0.15) is 6.33 Å². The number of ether oxygens (including phenoxy) is 1. The molecule has 2 aliphatic heterocycles. The fourth-order valence-electron chi connectivity index (χ4n) is 2.38. The van der Waals surface area contributed by atoms with E-state index < -0.39 is 0 Å². The van der Waals surface area contributed by atoms with Crippen LogP contribution in [0.2, 0.25) is 0 Å². The summed E-state index contributed by atoms with van der Waals surface area (Å²) in [5.41, 5.74) is 5.49. The first-order valence-electron chi connectivity index (χ1n) is 4.55. The summed E-state index contributed by atoms with van der Waals surface area (Å²) in [4.78, 5) is 3.88. The van der Waals surface area contributed by atoms with Crippen LogP contribution in [0, 0.1) is 5.92 Å². The van der Waals surface area contributed by atoms with E-state index in [1.54, 1.807) is 11.0 Å². The van der Waals surface area contributed by atoms with Gasteiger partial charge in [0.2, 0.25) is 5.95 Å². The highest BCUT2D eigenvalue weighted by Gasteiger charge is 2.52. The van der Waals surface area contributed by atoms with Gasteiger partial charge in [-0.2, -0.15) is 0 Å². The first-order valence-corrected chi connectivity index (χ1v) is 4.55. The highest BCUT2D eigenvalue weighted by molar-refractivity contribution is 5.10. The van der Waals surface area contributed by atoms with Crippen molar-refractivity contribution >= 4 is 5.95 Å². The predicted molar refractivity (Wildman–Crippen MR) is 45.8 cm³/mol. The zero-order valence-corrected chi connectivity index (χ0v) is 7.31. The molecule has 2 N–H and O–H groups in total. The number of aromatic nitrogens is 3. The lowest BCUT2D eigenvalue weighted by Gasteiger charge is -2.35. The Hall–Kier alpha value is -1.10. The Morgan fingerprint density at radius 3 is 3.08 bits per heavy atom. The third-order valence-corrected chi connectivity index (χ3v) is 2.95. The Labute approximate surface area is 75.9 Å². The summed E-state index contributed by atoms with van der Waals surface area (Å²) in [7, 11) is 0. The smallest absolute Gasteiger partial charge is 0.239 e. The lowest BCUT2D eigenvalue weighted by Crippen LogP contribution is -2.40. The van der Waals surface area contributed by atoms with Crippen molar-refractivity contribution in [3.8, 4) is 0 Å². The molecular formula is C8H12N4O. The highest BCUT2D eigenvalue weighted by atomic mass is 16.5. The van der Waals surface area contributed by atoms with E-state index in [2.05, 4.69) is 10.1 Å². The number of nitrogen functional groups attached to an aromatic ring is 1. The molecule has 1 aliphatic carbocycles. The van der Waals surface area contributed by atoms with Gasteiger partial charge in [0.15, 0.2) is 0 Å². The first-order chi connectivity index (χ1) is 6.26. The van der Waals surface area contributed by atoms with Gasteiger partial charge >= 0.3 is 0 Å². The Kier molecular flexibility index (Phi) is 1.25. The maximum absolute atomic E-state index is 5.70. The molecule has 1 saturated carbocycles. The fraction of sp³-hybridized carbons (Fsp3) is 0.750. The van der Waals surface area contributed by atoms with Crippen molar-refractivity contribution in [2.75, 3.05) is 12.3 Å². The molecule has 0 spiro atoms. The average molecular weight is 180 g/mol. The molecule has 0 amide bonds. The summed E-state index contributed by atoms with van der Waals surface area (Å²) >= 11 is 0. The standard InChI is InChI=1S/C8H12N4O/c9-7-10-5-12(11-7)4-8-1-6(2-8)3-13-8/h5-6H,1-4H2,(H2,9,11). The number of nitrogens with two attached hydrogens (primary N) is 1. The molecule has 0 unspecified atom stereocenters. The second-order valence-electron chi connectivity index (χ2n) is 4.07. The van der Waals surface area contributed by atoms with Crippen LogP contribution in [-0.2, 0) is 11.3 Å². The molecule has 2 saturated heterocycles. The van der Waals surface area contributed by atoms with E-state index in [0.29, 0.717) is 5.95 Å². The zero-order chi connectivity index (χ0) is 8.89. The molecule has 4 rings (SSSR count). The number of hydrogen-bond donors (Lipinski definition) is 1. The molecule has 2 bridgehead atoms. The second kappa shape index (κ2) is 2.23. The molecule has 5 heteroatoms. The number of rotatable bonds is 2. The minimum Gasteiger partial charge on any atom is -0.373 e. The van der Waals surface area contributed by atoms with Gasteiger partial charge in [-0.25, -0.2) is 9.67 Å². The molecule has 5 nitrogen and oxygen atoms in total. The molecule has 3 aliphatic rings. The summed E-state index contributed by atoms with van der Waals surface area (Å²) in [5.74, 6) is 1.13. The first kappa shape index (κ1) is 7.32. The van der Waals surface area contributed by atoms with Crippen molar-refractivity contribution in [2.45, 2.75) is 25.0 Å². The lowest BCUT2D eigenvalue weighted by molar-refractivity contribution is -0.0163. The topological polar surface area (TPSA) is 66.0 Å². The van der Waals surface area contributed by atoms with Crippen molar-refractivity contribution in [3.63, 3.8) is 0 Å². The largest absolute Gasteiger partial charge is 0.373 e. The van der Waals surface area contributed by atoms with Crippen LogP contribution in [0.4, 0.5) is 5.95 Å². The molecule has 13 heavy (non-hydrogen) atoms.